The normalized spacial score (nSPS) is 21.6. The van der Waals surface area contributed by atoms with Gasteiger partial charge in [0.2, 0.25) is 5.95 Å². The highest BCUT2D eigenvalue weighted by molar-refractivity contribution is 5.69. The van der Waals surface area contributed by atoms with Crippen LogP contribution >= 0.6 is 0 Å². The molecule has 1 atom stereocenters. The summed E-state index contributed by atoms with van der Waals surface area (Å²) in [5.41, 5.74) is 2.30. The van der Waals surface area contributed by atoms with Crippen molar-refractivity contribution in [2.45, 2.75) is 31.8 Å². The Balaban J connectivity index is 1.89. The molecule has 1 aliphatic heterocycles. The molecular formula is C17H27N5O3. The minimum atomic E-state index is -0.866. The molecule has 0 saturated carbocycles. The number of aryl methyl sites for hydroxylation is 1. The lowest BCUT2D eigenvalue weighted by Crippen LogP contribution is -2.36. The summed E-state index contributed by atoms with van der Waals surface area (Å²) in [5.74, 6) is 0.733. The summed E-state index contributed by atoms with van der Waals surface area (Å²) < 4.78 is 0. The summed E-state index contributed by atoms with van der Waals surface area (Å²) in [6.07, 6.45) is 3.60. The van der Waals surface area contributed by atoms with Gasteiger partial charge >= 0.3 is 5.97 Å². The van der Waals surface area contributed by atoms with Crippen molar-refractivity contribution >= 4 is 17.7 Å². The number of fused-ring (bicyclic) bond motifs is 1. The quantitative estimate of drug-likeness (QED) is 0.784. The fourth-order valence-corrected chi connectivity index (χ4v) is 3.61. The number of aromatic nitrogens is 2. The third-order valence-electron chi connectivity index (χ3n) is 4.79. The second-order valence-electron chi connectivity index (χ2n) is 7.10. The summed E-state index contributed by atoms with van der Waals surface area (Å²) in [5, 5.41) is 19.4. The number of carboxylic acid groups (broad SMARTS) is 1. The number of aliphatic hydroxyl groups excluding tert-OH is 1. The molecule has 1 saturated heterocycles. The smallest absolute Gasteiger partial charge is 0.317 e. The average Bonchev–Trinajstić information content (AvgIpc) is 2.74. The van der Waals surface area contributed by atoms with Crippen LogP contribution in [0, 0.1) is 0 Å². The van der Waals surface area contributed by atoms with Crippen LogP contribution < -0.4 is 9.80 Å². The number of carboxylic acids is 1. The Bertz CT molecular complexity index is 637. The highest BCUT2D eigenvalue weighted by atomic mass is 16.4. The van der Waals surface area contributed by atoms with Crippen molar-refractivity contribution in [2.24, 2.45) is 0 Å². The number of carbonyl (C=O) groups is 1. The van der Waals surface area contributed by atoms with E-state index in [-0.39, 0.29) is 6.54 Å². The molecule has 1 aromatic heterocycles. The molecule has 138 valence electrons. The monoisotopic (exact) mass is 349 g/mol. The lowest BCUT2D eigenvalue weighted by molar-refractivity contribution is -0.138. The van der Waals surface area contributed by atoms with Crippen LogP contribution in [0.4, 0.5) is 11.8 Å². The van der Waals surface area contributed by atoms with E-state index >= 15 is 0 Å². The predicted molar refractivity (Wildman–Crippen MR) is 95.3 cm³/mol. The molecule has 0 radical (unpaired) electrons. The summed E-state index contributed by atoms with van der Waals surface area (Å²) in [6.45, 7) is 2.04. The first-order valence-electron chi connectivity index (χ1n) is 8.88. The van der Waals surface area contributed by atoms with Crippen LogP contribution in [0.5, 0.6) is 0 Å². The lowest BCUT2D eigenvalue weighted by atomic mass is 9.96. The molecule has 8 heteroatoms. The number of hydrogen-bond donors (Lipinski definition) is 2. The van der Waals surface area contributed by atoms with Gasteiger partial charge in [-0.2, -0.15) is 4.98 Å². The number of aliphatic carboxylic acids is 1. The Morgan fingerprint density at radius 2 is 1.96 bits per heavy atom. The van der Waals surface area contributed by atoms with Crippen LogP contribution in [-0.4, -0.2) is 84.0 Å². The van der Waals surface area contributed by atoms with Crippen LogP contribution in [0.3, 0.4) is 0 Å². The number of nitrogens with zero attached hydrogens (tertiary/aromatic N) is 5. The summed E-state index contributed by atoms with van der Waals surface area (Å²) in [4.78, 5) is 26.2. The molecule has 3 rings (SSSR count). The van der Waals surface area contributed by atoms with Crippen LogP contribution in [0.2, 0.25) is 0 Å². The van der Waals surface area contributed by atoms with Crippen molar-refractivity contribution < 1.29 is 15.0 Å². The van der Waals surface area contributed by atoms with E-state index in [1.165, 1.54) is 5.56 Å². The van der Waals surface area contributed by atoms with Crippen molar-refractivity contribution in [3.63, 3.8) is 0 Å². The van der Waals surface area contributed by atoms with Gasteiger partial charge in [0.1, 0.15) is 5.82 Å². The van der Waals surface area contributed by atoms with Crippen molar-refractivity contribution in [2.75, 3.05) is 56.6 Å². The SMILES string of the molecule is CN(C)c1nc2c(c(N3CCN(CC(=O)O)CC(O)C3)n1)CCCC2. The molecule has 25 heavy (non-hydrogen) atoms. The van der Waals surface area contributed by atoms with Gasteiger partial charge < -0.3 is 20.0 Å². The van der Waals surface area contributed by atoms with E-state index in [1.54, 1.807) is 4.90 Å². The predicted octanol–water partition coefficient (Wildman–Crippen LogP) is -0.0111. The molecule has 1 unspecified atom stereocenters. The van der Waals surface area contributed by atoms with Gasteiger partial charge in [0.05, 0.1) is 18.3 Å². The van der Waals surface area contributed by atoms with Crippen LogP contribution in [-0.2, 0) is 17.6 Å². The van der Waals surface area contributed by atoms with Gasteiger partial charge in [0.15, 0.2) is 0 Å². The van der Waals surface area contributed by atoms with Crippen LogP contribution in [0.1, 0.15) is 24.1 Å². The van der Waals surface area contributed by atoms with Gasteiger partial charge in [-0.3, -0.25) is 9.69 Å². The standard InChI is InChI=1S/C17H27N5O3/c1-20(2)17-18-14-6-4-3-5-13(14)16(19-17)22-8-7-21(11-15(24)25)9-12(23)10-22/h12,23H,3-11H2,1-2H3,(H,24,25). The summed E-state index contributed by atoms with van der Waals surface area (Å²) in [7, 11) is 3.86. The minimum Gasteiger partial charge on any atom is -0.480 e. The summed E-state index contributed by atoms with van der Waals surface area (Å²) >= 11 is 0. The van der Waals surface area contributed by atoms with Gasteiger partial charge in [-0.15, -0.1) is 0 Å². The van der Waals surface area contributed by atoms with E-state index < -0.39 is 12.1 Å². The number of hydrogen-bond acceptors (Lipinski definition) is 7. The Morgan fingerprint density at radius 1 is 1.20 bits per heavy atom. The van der Waals surface area contributed by atoms with Gasteiger partial charge in [-0.25, -0.2) is 4.98 Å². The molecule has 8 nitrogen and oxygen atoms in total. The van der Waals surface area contributed by atoms with Gasteiger partial charge in [-0.05, 0) is 25.7 Å². The largest absolute Gasteiger partial charge is 0.480 e. The third kappa shape index (κ3) is 4.19. The van der Waals surface area contributed by atoms with Crippen LogP contribution in [0.25, 0.3) is 0 Å². The highest BCUT2D eigenvalue weighted by Crippen LogP contribution is 2.30. The molecule has 0 spiro atoms. The molecule has 0 aromatic carbocycles. The fourth-order valence-electron chi connectivity index (χ4n) is 3.61. The second kappa shape index (κ2) is 7.53. The van der Waals surface area contributed by atoms with Gasteiger partial charge in [-0.1, -0.05) is 0 Å². The molecular weight excluding hydrogens is 322 g/mol. The van der Waals surface area contributed by atoms with Crippen molar-refractivity contribution in [3.8, 4) is 0 Å². The number of anilines is 2. The van der Waals surface area contributed by atoms with E-state index in [9.17, 15) is 9.90 Å². The second-order valence-corrected chi connectivity index (χ2v) is 7.10. The first-order chi connectivity index (χ1) is 11.9. The summed E-state index contributed by atoms with van der Waals surface area (Å²) in [6, 6.07) is 0. The minimum absolute atomic E-state index is 0.0459. The Kier molecular flexibility index (Phi) is 5.39. The van der Waals surface area contributed by atoms with Crippen molar-refractivity contribution in [1.82, 2.24) is 14.9 Å². The van der Waals surface area contributed by atoms with Crippen LogP contribution in [0.15, 0.2) is 0 Å². The first-order valence-corrected chi connectivity index (χ1v) is 8.88. The van der Waals surface area contributed by atoms with E-state index in [2.05, 4.69) is 4.90 Å². The number of aliphatic hydroxyl groups is 1. The highest BCUT2D eigenvalue weighted by Gasteiger charge is 2.27. The third-order valence-corrected chi connectivity index (χ3v) is 4.79. The molecule has 1 fully saturated rings. The zero-order chi connectivity index (χ0) is 18.0. The average molecular weight is 349 g/mol. The molecule has 2 N–H and O–H groups in total. The molecule has 0 amide bonds. The van der Waals surface area contributed by atoms with Crippen molar-refractivity contribution in [1.29, 1.82) is 0 Å². The number of rotatable bonds is 4. The zero-order valence-corrected chi connectivity index (χ0v) is 15.0. The van der Waals surface area contributed by atoms with E-state index in [0.717, 1.165) is 37.2 Å². The zero-order valence-electron chi connectivity index (χ0n) is 15.0. The van der Waals surface area contributed by atoms with E-state index in [1.807, 2.05) is 19.0 Å². The molecule has 2 heterocycles. The first kappa shape index (κ1) is 17.9. The number of β-amino-alcohol motifs (C(OH)–C–C–N with tert-alkyl or cyclic N) is 1. The topological polar surface area (TPSA) is 93.0 Å². The fraction of sp³-hybridized carbons (Fsp3) is 0.706. The van der Waals surface area contributed by atoms with Gasteiger partial charge in [0, 0.05) is 45.8 Å². The molecule has 1 aliphatic carbocycles. The Morgan fingerprint density at radius 3 is 2.68 bits per heavy atom. The lowest BCUT2D eigenvalue weighted by Gasteiger charge is -2.29. The van der Waals surface area contributed by atoms with Gasteiger partial charge in [0.25, 0.3) is 0 Å². The Labute approximate surface area is 148 Å². The Hall–Kier alpha value is -1.93. The molecule has 2 aliphatic rings. The maximum atomic E-state index is 11.0. The maximum absolute atomic E-state index is 11.0. The van der Waals surface area contributed by atoms with E-state index in [0.29, 0.717) is 32.1 Å². The maximum Gasteiger partial charge on any atom is 0.317 e. The van der Waals surface area contributed by atoms with E-state index in [4.69, 9.17) is 15.1 Å². The molecule has 0 bridgehead atoms. The van der Waals surface area contributed by atoms with Crippen molar-refractivity contribution in [3.05, 3.63) is 11.3 Å². The molecule has 1 aromatic rings.